The van der Waals surface area contributed by atoms with Crippen LogP contribution in [0, 0.1) is 12.8 Å². The number of methoxy groups -OCH3 is 2. The van der Waals surface area contributed by atoms with E-state index in [-0.39, 0.29) is 29.0 Å². The minimum atomic E-state index is -4.24. The van der Waals surface area contributed by atoms with E-state index in [0.29, 0.717) is 24.4 Å². The van der Waals surface area contributed by atoms with Crippen LogP contribution < -0.4 is 19.1 Å². The maximum Gasteiger partial charge on any atom is 0.264 e. The van der Waals surface area contributed by atoms with Crippen LogP contribution in [0.1, 0.15) is 31.9 Å². The summed E-state index contributed by atoms with van der Waals surface area (Å²) >= 11 is 0. The number of ether oxygens (including phenoxy) is 2. The summed E-state index contributed by atoms with van der Waals surface area (Å²) in [6.45, 7) is 7.73. The number of amides is 2. The minimum absolute atomic E-state index is 0.0629. The van der Waals surface area contributed by atoms with Crippen molar-refractivity contribution in [1.82, 2.24) is 10.2 Å². The summed E-state index contributed by atoms with van der Waals surface area (Å²) in [6.07, 6.45) is 0.501. The Balaban J connectivity index is 2.00. The fraction of sp³-hybridized carbons (Fsp3) is 0.375. The third-order valence-electron chi connectivity index (χ3n) is 6.88. The fourth-order valence-electron chi connectivity index (χ4n) is 4.37. The predicted octanol–water partition coefficient (Wildman–Crippen LogP) is 4.44. The third kappa shape index (κ3) is 8.25. The van der Waals surface area contributed by atoms with E-state index in [1.54, 1.807) is 31.2 Å². The Kier molecular flexibility index (Phi) is 11.4. The highest BCUT2D eigenvalue weighted by Gasteiger charge is 2.33. The molecule has 0 saturated carbocycles. The molecule has 2 amide bonds. The van der Waals surface area contributed by atoms with Gasteiger partial charge in [0.15, 0.2) is 11.5 Å². The van der Waals surface area contributed by atoms with E-state index in [2.05, 4.69) is 5.32 Å². The van der Waals surface area contributed by atoms with Crippen molar-refractivity contribution in [3.05, 3.63) is 83.9 Å². The first-order valence-electron chi connectivity index (χ1n) is 13.9. The van der Waals surface area contributed by atoms with E-state index >= 15 is 0 Å². The predicted molar refractivity (Wildman–Crippen MR) is 164 cm³/mol. The van der Waals surface area contributed by atoms with E-state index in [0.717, 1.165) is 15.4 Å². The molecular weight excluding hydrogens is 554 g/mol. The molecular formula is C32H41N3O6S. The zero-order valence-electron chi connectivity index (χ0n) is 25.2. The topological polar surface area (TPSA) is 105 Å². The lowest BCUT2D eigenvalue weighted by molar-refractivity contribution is -0.138. The van der Waals surface area contributed by atoms with Gasteiger partial charge in [0.05, 0.1) is 24.8 Å². The highest BCUT2D eigenvalue weighted by atomic mass is 32.2. The second kappa shape index (κ2) is 14.7. The Labute approximate surface area is 249 Å². The van der Waals surface area contributed by atoms with E-state index < -0.39 is 28.5 Å². The Bertz CT molecular complexity index is 1440. The maximum absolute atomic E-state index is 14.1. The molecule has 1 atom stereocenters. The third-order valence-corrected chi connectivity index (χ3v) is 8.65. The quantitative estimate of drug-likeness (QED) is 0.296. The van der Waals surface area contributed by atoms with Gasteiger partial charge in [0.2, 0.25) is 11.8 Å². The van der Waals surface area contributed by atoms with Gasteiger partial charge in [0.25, 0.3) is 10.0 Å². The molecule has 0 aliphatic carbocycles. The summed E-state index contributed by atoms with van der Waals surface area (Å²) in [6, 6.07) is 20.0. The number of anilines is 1. The SMILES string of the molecule is COc1ccc(S(=O)(=O)N(CC(=O)N(CCc2ccccc2)C(C)C(=O)NCC(C)C)c2ccc(C)cc2)cc1OC. The maximum atomic E-state index is 14.1. The standard InChI is InChI=1S/C32H41N3O6S/c1-23(2)21-33-32(37)25(4)34(19-18-26-10-8-7-9-11-26)31(36)22-35(27-14-12-24(3)13-15-27)42(38,39)28-16-17-29(40-5)30(20-28)41-6/h7-17,20,23,25H,18-19,21-22H2,1-6H3,(H,33,37). The molecule has 3 aromatic rings. The number of sulfonamides is 1. The van der Waals surface area contributed by atoms with Crippen molar-refractivity contribution >= 4 is 27.5 Å². The normalized spacial score (nSPS) is 12.0. The first-order chi connectivity index (χ1) is 20.0. The molecule has 3 aromatic carbocycles. The minimum Gasteiger partial charge on any atom is -0.493 e. The van der Waals surface area contributed by atoms with Crippen LogP contribution in [0.4, 0.5) is 5.69 Å². The largest absolute Gasteiger partial charge is 0.493 e. The van der Waals surface area contributed by atoms with Gasteiger partial charge in [-0.15, -0.1) is 0 Å². The summed E-state index contributed by atoms with van der Waals surface area (Å²) in [5.74, 6) is 0.0622. The van der Waals surface area contributed by atoms with E-state index in [9.17, 15) is 18.0 Å². The molecule has 0 spiro atoms. The Morgan fingerprint density at radius 3 is 2.12 bits per heavy atom. The van der Waals surface area contributed by atoms with Gasteiger partial charge in [-0.25, -0.2) is 8.42 Å². The smallest absolute Gasteiger partial charge is 0.264 e. The van der Waals surface area contributed by atoms with Gasteiger partial charge in [0, 0.05) is 19.2 Å². The number of rotatable bonds is 14. The average Bonchev–Trinajstić information content (AvgIpc) is 2.99. The molecule has 1 unspecified atom stereocenters. The molecule has 0 aliphatic heterocycles. The second-order valence-corrected chi connectivity index (χ2v) is 12.4. The van der Waals surface area contributed by atoms with Crippen molar-refractivity contribution in [3.63, 3.8) is 0 Å². The van der Waals surface area contributed by atoms with E-state index in [1.165, 1.54) is 37.3 Å². The molecule has 0 fully saturated rings. The molecule has 1 N–H and O–H groups in total. The number of hydrogen-bond acceptors (Lipinski definition) is 6. The van der Waals surface area contributed by atoms with Gasteiger partial charge < -0.3 is 19.7 Å². The second-order valence-electron chi connectivity index (χ2n) is 10.5. The highest BCUT2D eigenvalue weighted by Crippen LogP contribution is 2.32. The molecule has 0 bridgehead atoms. The lowest BCUT2D eigenvalue weighted by Crippen LogP contribution is -2.52. The number of carbonyl (C=O) groups excluding carboxylic acids is 2. The Morgan fingerprint density at radius 2 is 1.52 bits per heavy atom. The Hall–Kier alpha value is -4.05. The van der Waals surface area contributed by atoms with Gasteiger partial charge in [-0.2, -0.15) is 0 Å². The monoisotopic (exact) mass is 595 g/mol. The molecule has 226 valence electrons. The summed E-state index contributed by atoms with van der Waals surface area (Å²) in [4.78, 5) is 28.5. The Morgan fingerprint density at radius 1 is 0.881 bits per heavy atom. The number of nitrogens with one attached hydrogen (secondary N) is 1. The molecule has 0 heterocycles. The first kappa shape index (κ1) is 32.5. The molecule has 3 rings (SSSR count). The van der Waals surface area contributed by atoms with Gasteiger partial charge in [-0.3, -0.25) is 13.9 Å². The number of nitrogens with zero attached hydrogens (tertiary/aromatic N) is 2. The molecule has 42 heavy (non-hydrogen) atoms. The van der Waals surface area contributed by atoms with Crippen molar-refractivity contribution in [3.8, 4) is 11.5 Å². The number of carbonyl (C=O) groups is 2. The highest BCUT2D eigenvalue weighted by molar-refractivity contribution is 7.92. The number of benzene rings is 3. The van der Waals surface area contributed by atoms with Crippen LogP contribution >= 0.6 is 0 Å². The van der Waals surface area contributed by atoms with Crippen LogP contribution in [-0.4, -0.2) is 65.0 Å². The first-order valence-corrected chi connectivity index (χ1v) is 15.3. The fourth-order valence-corrected chi connectivity index (χ4v) is 5.80. The lowest BCUT2D eigenvalue weighted by atomic mass is 10.1. The van der Waals surface area contributed by atoms with Crippen molar-refractivity contribution < 1.29 is 27.5 Å². The van der Waals surface area contributed by atoms with Crippen LogP contribution in [0.5, 0.6) is 11.5 Å². The van der Waals surface area contributed by atoms with Crippen molar-refractivity contribution in [2.75, 3.05) is 38.2 Å². The molecule has 0 saturated heterocycles. The van der Waals surface area contributed by atoms with Crippen molar-refractivity contribution in [2.24, 2.45) is 5.92 Å². The van der Waals surface area contributed by atoms with Gasteiger partial charge in [-0.05, 0) is 56.0 Å². The number of hydrogen-bond donors (Lipinski definition) is 1. The van der Waals surface area contributed by atoms with E-state index in [1.807, 2.05) is 51.1 Å². The molecule has 0 radical (unpaired) electrons. The van der Waals surface area contributed by atoms with Crippen molar-refractivity contribution in [2.45, 2.75) is 45.1 Å². The summed E-state index contributed by atoms with van der Waals surface area (Å²) in [7, 11) is -1.35. The van der Waals surface area contributed by atoms with Gasteiger partial charge in [-0.1, -0.05) is 61.9 Å². The zero-order valence-corrected chi connectivity index (χ0v) is 26.0. The number of aryl methyl sites for hydroxylation is 1. The average molecular weight is 596 g/mol. The summed E-state index contributed by atoms with van der Waals surface area (Å²) in [5, 5.41) is 2.90. The van der Waals surface area contributed by atoms with Gasteiger partial charge in [0.1, 0.15) is 12.6 Å². The van der Waals surface area contributed by atoms with Crippen LogP contribution in [0.25, 0.3) is 0 Å². The van der Waals surface area contributed by atoms with Gasteiger partial charge >= 0.3 is 0 Å². The molecule has 10 heteroatoms. The van der Waals surface area contributed by atoms with Crippen LogP contribution in [0.2, 0.25) is 0 Å². The molecule has 9 nitrogen and oxygen atoms in total. The van der Waals surface area contributed by atoms with Crippen molar-refractivity contribution in [1.29, 1.82) is 0 Å². The van der Waals surface area contributed by atoms with Crippen LogP contribution in [0.3, 0.4) is 0 Å². The zero-order chi connectivity index (χ0) is 30.9. The lowest BCUT2D eigenvalue weighted by Gasteiger charge is -2.32. The van der Waals surface area contributed by atoms with Crippen LogP contribution in [-0.2, 0) is 26.0 Å². The summed E-state index contributed by atoms with van der Waals surface area (Å²) in [5.41, 5.74) is 2.26. The summed E-state index contributed by atoms with van der Waals surface area (Å²) < 4.78 is 39.9. The molecule has 0 aliphatic rings. The van der Waals surface area contributed by atoms with Crippen LogP contribution in [0.15, 0.2) is 77.7 Å². The van der Waals surface area contributed by atoms with E-state index in [4.69, 9.17) is 9.47 Å². The molecule has 0 aromatic heterocycles.